The highest BCUT2D eigenvalue weighted by Crippen LogP contribution is 2.19. The summed E-state index contributed by atoms with van der Waals surface area (Å²) in [6.45, 7) is 2.90. The number of aryl methyl sites for hydroxylation is 1. The lowest BCUT2D eigenvalue weighted by molar-refractivity contribution is -0.115. The van der Waals surface area contributed by atoms with E-state index < -0.39 is 11.6 Å². The molecule has 0 saturated carbocycles. The molecule has 0 fully saturated rings. The zero-order valence-corrected chi connectivity index (χ0v) is 11.9. The van der Waals surface area contributed by atoms with Crippen LogP contribution < -0.4 is 10.8 Å². The van der Waals surface area contributed by atoms with Crippen LogP contribution in [-0.2, 0) is 4.79 Å². The summed E-state index contributed by atoms with van der Waals surface area (Å²) in [6, 6.07) is 4.46. The molecule has 0 aliphatic rings. The zero-order valence-electron chi connectivity index (χ0n) is 11.9. The lowest BCUT2D eigenvalue weighted by atomic mass is 10.2. The molecule has 3 N–H and O–H groups in total. The first kappa shape index (κ1) is 16.6. The van der Waals surface area contributed by atoms with E-state index in [9.17, 15) is 13.6 Å². The summed E-state index contributed by atoms with van der Waals surface area (Å²) >= 11 is 0. The fourth-order valence-electron chi connectivity index (χ4n) is 1.60. The summed E-state index contributed by atoms with van der Waals surface area (Å²) in [5, 5.41) is 11.7. The fourth-order valence-corrected chi connectivity index (χ4v) is 1.60. The summed E-state index contributed by atoms with van der Waals surface area (Å²) in [4.78, 5) is 12.0. The predicted octanol–water partition coefficient (Wildman–Crippen LogP) is 2.66. The Labute approximate surface area is 121 Å². The van der Waals surface area contributed by atoms with Crippen molar-refractivity contribution < 1.29 is 18.8 Å². The first-order chi connectivity index (χ1) is 9.88. The first-order valence-corrected chi connectivity index (χ1v) is 6.08. The molecule has 5 nitrogen and oxygen atoms in total. The molecule has 0 aliphatic carbocycles. The van der Waals surface area contributed by atoms with E-state index in [2.05, 4.69) is 5.32 Å². The molecule has 0 saturated heterocycles. The van der Waals surface area contributed by atoms with Crippen molar-refractivity contribution in [3.63, 3.8) is 0 Å². The average Bonchev–Trinajstić information content (AvgIpc) is 2.43. The normalized spacial score (nSPS) is 12.6. The molecule has 1 rings (SSSR count). The van der Waals surface area contributed by atoms with Crippen LogP contribution in [0.3, 0.4) is 0 Å². The Morgan fingerprint density at radius 3 is 2.57 bits per heavy atom. The van der Waals surface area contributed by atoms with E-state index in [1.807, 2.05) is 0 Å². The number of nitrogens with zero attached hydrogens (tertiary/aromatic N) is 1. The van der Waals surface area contributed by atoms with Gasteiger partial charge in [-0.1, -0.05) is 6.07 Å². The van der Waals surface area contributed by atoms with Gasteiger partial charge in [-0.05, 0) is 37.6 Å². The highest BCUT2D eigenvalue weighted by Gasteiger charge is 2.13. The average molecular weight is 297 g/mol. The van der Waals surface area contributed by atoms with E-state index in [4.69, 9.17) is 5.21 Å². The van der Waals surface area contributed by atoms with E-state index in [1.165, 1.54) is 26.1 Å². The van der Waals surface area contributed by atoms with Gasteiger partial charge in [0.1, 0.15) is 17.3 Å². The summed E-state index contributed by atoms with van der Waals surface area (Å²) in [5.74, 6) is -1.15. The van der Waals surface area contributed by atoms with Gasteiger partial charge in [0.25, 0.3) is 0 Å². The van der Waals surface area contributed by atoms with Gasteiger partial charge in [0.15, 0.2) is 0 Å². The zero-order chi connectivity index (χ0) is 16.0. The minimum atomic E-state index is -0.602. The number of carbonyl (C=O) groups is 1. The quantitative estimate of drug-likeness (QED) is 0.429. The van der Waals surface area contributed by atoms with Gasteiger partial charge in [0.05, 0.1) is 11.5 Å². The maximum Gasteiger partial charge on any atom is 0.215 e. The number of rotatable bonds is 6. The minimum absolute atomic E-state index is 0.00717. The van der Waals surface area contributed by atoms with E-state index in [0.717, 1.165) is 16.5 Å². The van der Waals surface area contributed by atoms with E-state index in [0.29, 0.717) is 6.41 Å². The number of hydroxylamine groups is 1. The van der Waals surface area contributed by atoms with Crippen LogP contribution in [0.15, 0.2) is 41.6 Å². The van der Waals surface area contributed by atoms with Crippen LogP contribution in [0.2, 0.25) is 0 Å². The van der Waals surface area contributed by atoms with Crippen LogP contribution in [0.5, 0.6) is 0 Å². The number of amides is 1. The number of hydrogen-bond acceptors (Lipinski definition) is 4. The van der Waals surface area contributed by atoms with Crippen molar-refractivity contribution in [2.75, 3.05) is 12.4 Å². The smallest absolute Gasteiger partial charge is 0.215 e. The predicted molar refractivity (Wildman–Crippen MR) is 75.4 cm³/mol. The van der Waals surface area contributed by atoms with Crippen molar-refractivity contribution in [1.82, 2.24) is 10.4 Å². The Kier molecular flexibility index (Phi) is 5.86. The Balaban J connectivity index is 3.29. The number of allylic oxidation sites excluding steroid dienone is 2. The first-order valence-electron chi connectivity index (χ1n) is 6.08. The maximum absolute atomic E-state index is 13.8. The number of carbonyl (C=O) groups excluding carboxylic acids is 1. The second-order valence-corrected chi connectivity index (χ2v) is 4.43. The molecular formula is C14H17F2N3O2. The summed E-state index contributed by atoms with van der Waals surface area (Å²) in [5.41, 5.74) is 2.47. The molecule has 1 amide bonds. The van der Waals surface area contributed by atoms with Gasteiger partial charge >= 0.3 is 0 Å². The van der Waals surface area contributed by atoms with Gasteiger partial charge in [-0.15, -0.1) is 0 Å². The fraction of sp³-hybridized carbons (Fsp3) is 0.214. The molecule has 114 valence electrons. The van der Waals surface area contributed by atoms with Crippen molar-refractivity contribution in [2.45, 2.75) is 13.8 Å². The van der Waals surface area contributed by atoms with Gasteiger partial charge in [-0.3, -0.25) is 15.5 Å². The van der Waals surface area contributed by atoms with E-state index in [-0.39, 0.29) is 17.2 Å². The molecule has 0 aromatic heterocycles. The molecule has 0 radical (unpaired) electrons. The molecule has 0 heterocycles. The molecule has 21 heavy (non-hydrogen) atoms. The topological polar surface area (TPSA) is 64.6 Å². The molecular weight excluding hydrogens is 280 g/mol. The van der Waals surface area contributed by atoms with Crippen LogP contribution >= 0.6 is 0 Å². The summed E-state index contributed by atoms with van der Waals surface area (Å²) < 4.78 is 26.8. The Morgan fingerprint density at radius 1 is 1.43 bits per heavy atom. The van der Waals surface area contributed by atoms with Crippen LogP contribution in [0.1, 0.15) is 12.5 Å². The van der Waals surface area contributed by atoms with Gasteiger partial charge < -0.3 is 10.2 Å². The molecule has 1 aromatic carbocycles. The largest absolute Gasteiger partial charge is 0.337 e. The third-order valence-electron chi connectivity index (χ3n) is 2.61. The number of nitrogens with one attached hydrogen (secondary N) is 2. The Bertz CT molecular complexity index is 582. The molecule has 1 aromatic rings. The third kappa shape index (κ3) is 4.57. The molecule has 0 spiro atoms. The van der Waals surface area contributed by atoms with E-state index >= 15 is 0 Å². The van der Waals surface area contributed by atoms with Crippen molar-refractivity contribution in [3.05, 3.63) is 53.0 Å². The number of halogens is 2. The second kappa shape index (κ2) is 7.39. The van der Waals surface area contributed by atoms with Crippen LogP contribution in [0.4, 0.5) is 14.5 Å². The van der Waals surface area contributed by atoms with Gasteiger partial charge in [0, 0.05) is 7.05 Å². The van der Waals surface area contributed by atoms with Gasteiger partial charge in [0.2, 0.25) is 6.41 Å². The lowest BCUT2D eigenvalue weighted by Gasteiger charge is -2.21. The number of benzene rings is 1. The maximum atomic E-state index is 13.8. The van der Waals surface area contributed by atoms with Gasteiger partial charge in [-0.2, -0.15) is 0 Å². The molecule has 0 bridgehead atoms. The number of hydrogen-bond donors (Lipinski definition) is 3. The second-order valence-electron chi connectivity index (χ2n) is 4.43. The highest BCUT2D eigenvalue weighted by molar-refractivity contribution is 5.58. The number of anilines is 1. The van der Waals surface area contributed by atoms with Crippen LogP contribution in [-0.4, -0.2) is 23.6 Å². The summed E-state index contributed by atoms with van der Waals surface area (Å²) in [6.07, 6.45) is 1.40. The molecule has 0 unspecified atom stereocenters. The molecule has 7 heteroatoms. The highest BCUT2D eigenvalue weighted by atomic mass is 19.1. The third-order valence-corrected chi connectivity index (χ3v) is 2.61. The van der Waals surface area contributed by atoms with Crippen molar-refractivity contribution in [3.8, 4) is 0 Å². The van der Waals surface area contributed by atoms with Crippen LogP contribution in [0.25, 0.3) is 0 Å². The standard InChI is InChI=1S/C14H17F2N3O2/c1-9-4-5-12(11(16)6-9)17-14(19(3)8-20)13(18-21)7-10(2)15/h4-8,17-18,21H,1-3H3/b10-7+,14-13+. The minimum Gasteiger partial charge on any atom is -0.337 e. The van der Waals surface area contributed by atoms with Crippen molar-refractivity contribution in [2.24, 2.45) is 0 Å². The van der Waals surface area contributed by atoms with Crippen LogP contribution in [0, 0.1) is 12.7 Å². The Morgan fingerprint density at radius 2 is 2.10 bits per heavy atom. The lowest BCUT2D eigenvalue weighted by Crippen LogP contribution is -2.27. The monoisotopic (exact) mass is 297 g/mol. The molecule has 0 aliphatic heterocycles. The van der Waals surface area contributed by atoms with E-state index in [1.54, 1.807) is 18.5 Å². The van der Waals surface area contributed by atoms with Crippen molar-refractivity contribution in [1.29, 1.82) is 0 Å². The summed E-state index contributed by atoms with van der Waals surface area (Å²) in [7, 11) is 1.38. The molecule has 0 atom stereocenters. The van der Waals surface area contributed by atoms with Crippen molar-refractivity contribution >= 4 is 12.1 Å². The Hall–Kier alpha value is -2.41. The van der Waals surface area contributed by atoms with Gasteiger partial charge in [-0.25, -0.2) is 8.78 Å². The SMILES string of the molecule is C/C(F)=C\C(NO)=C(\Nc1ccc(C)cc1F)N(C)C=O.